The number of β-amino-alcohol motifs (C(OH)–C–C–N with tert-alkyl or cyclic N) is 1. The van der Waals surface area contributed by atoms with Crippen LogP contribution in [0, 0.1) is 0 Å². The first kappa shape index (κ1) is 15.3. The summed E-state index contributed by atoms with van der Waals surface area (Å²) in [5.41, 5.74) is 1.02. The fourth-order valence-electron chi connectivity index (χ4n) is 2.54. The molecule has 0 radical (unpaired) electrons. The van der Waals surface area contributed by atoms with Gasteiger partial charge in [0, 0.05) is 32.7 Å². The number of rotatable bonds is 3. The Hall–Kier alpha value is -1.63. The number of aliphatic imine (C=N–C) groups is 1. The lowest BCUT2D eigenvalue weighted by Crippen LogP contribution is -2.48. The number of amides is 1. The van der Waals surface area contributed by atoms with Crippen molar-refractivity contribution in [2.75, 3.05) is 39.3 Å². The van der Waals surface area contributed by atoms with Crippen LogP contribution in [0.2, 0.25) is 0 Å². The first-order valence-corrected chi connectivity index (χ1v) is 8.24. The van der Waals surface area contributed by atoms with Gasteiger partial charge in [-0.1, -0.05) is 30.3 Å². The van der Waals surface area contributed by atoms with E-state index in [9.17, 15) is 4.79 Å². The Kier molecular flexibility index (Phi) is 4.92. The van der Waals surface area contributed by atoms with E-state index in [2.05, 4.69) is 14.8 Å². The second-order valence-electron chi connectivity index (χ2n) is 5.27. The number of benzene rings is 1. The molecule has 2 aliphatic heterocycles. The smallest absolute Gasteiger partial charge is 0.286 e. The number of hydrogen-bond donors (Lipinski definition) is 1. The summed E-state index contributed by atoms with van der Waals surface area (Å²) < 4.78 is 0. The van der Waals surface area contributed by atoms with Crippen molar-refractivity contribution in [1.29, 1.82) is 0 Å². The number of nitrogens with zero attached hydrogens (tertiary/aromatic N) is 3. The van der Waals surface area contributed by atoms with E-state index in [4.69, 9.17) is 5.11 Å². The second kappa shape index (κ2) is 7.09. The minimum Gasteiger partial charge on any atom is -0.395 e. The predicted molar refractivity (Wildman–Crippen MR) is 89.6 cm³/mol. The molecule has 2 heterocycles. The molecule has 2 aliphatic rings. The summed E-state index contributed by atoms with van der Waals surface area (Å²) in [4.78, 5) is 21.3. The molecular weight excluding hydrogens is 298 g/mol. The van der Waals surface area contributed by atoms with Crippen LogP contribution >= 0.6 is 11.8 Å². The molecule has 116 valence electrons. The number of piperazine rings is 1. The van der Waals surface area contributed by atoms with Crippen molar-refractivity contribution in [3.05, 3.63) is 40.8 Å². The van der Waals surface area contributed by atoms with Crippen LogP contribution in [0.1, 0.15) is 5.56 Å². The van der Waals surface area contributed by atoms with E-state index >= 15 is 0 Å². The lowest BCUT2D eigenvalue weighted by atomic mass is 10.2. The van der Waals surface area contributed by atoms with Crippen molar-refractivity contribution in [2.24, 2.45) is 4.99 Å². The zero-order chi connectivity index (χ0) is 15.4. The molecule has 0 aliphatic carbocycles. The van der Waals surface area contributed by atoms with Gasteiger partial charge in [-0.15, -0.1) is 0 Å². The highest BCUT2D eigenvalue weighted by Crippen LogP contribution is 2.30. The molecule has 0 spiro atoms. The molecule has 6 heteroatoms. The Balaban J connectivity index is 1.62. The molecule has 1 amide bonds. The average Bonchev–Trinajstić information content (AvgIpc) is 2.90. The van der Waals surface area contributed by atoms with Crippen LogP contribution in [0.15, 0.2) is 40.2 Å². The molecule has 0 atom stereocenters. The fraction of sp³-hybridized carbons (Fsp3) is 0.375. The summed E-state index contributed by atoms with van der Waals surface area (Å²) >= 11 is 1.45. The summed E-state index contributed by atoms with van der Waals surface area (Å²) in [6.45, 7) is 4.39. The van der Waals surface area contributed by atoms with Gasteiger partial charge in [-0.05, 0) is 23.4 Å². The van der Waals surface area contributed by atoms with Gasteiger partial charge in [-0.2, -0.15) is 4.99 Å². The predicted octanol–water partition coefficient (Wildman–Crippen LogP) is 1.27. The van der Waals surface area contributed by atoms with Crippen LogP contribution in [-0.2, 0) is 4.79 Å². The highest BCUT2D eigenvalue weighted by atomic mass is 32.2. The Morgan fingerprint density at radius 2 is 1.91 bits per heavy atom. The third-order valence-corrected chi connectivity index (χ3v) is 4.81. The largest absolute Gasteiger partial charge is 0.395 e. The molecule has 1 saturated heterocycles. The van der Waals surface area contributed by atoms with E-state index in [0.29, 0.717) is 11.4 Å². The lowest BCUT2D eigenvalue weighted by molar-refractivity contribution is -0.113. The van der Waals surface area contributed by atoms with Crippen molar-refractivity contribution >= 4 is 28.9 Å². The summed E-state index contributed by atoms with van der Waals surface area (Å²) in [6.07, 6.45) is 1.89. The Bertz CT molecular complexity index is 593. The molecule has 3 rings (SSSR count). The van der Waals surface area contributed by atoms with E-state index in [1.807, 2.05) is 36.4 Å². The molecular formula is C16H19N3O2S. The van der Waals surface area contributed by atoms with Crippen molar-refractivity contribution in [1.82, 2.24) is 9.80 Å². The van der Waals surface area contributed by atoms with Gasteiger partial charge in [0.2, 0.25) is 0 Å². The minimum absolute atomic E-state index is 0.151. The first-order chi connectivity index (χ1) is 10.8. The standard InChI is InChI=1S/C16H19N3O2S/c20-11-10-18-6-8-19(9-7-18)16-17-15(21)14(22-16)12-13-4-2-1-3-5-13/h1-5,12,20H,6-11H2. The number of aliphatic hydroxyl groups is 1. The van der Waals surface area contributed by atoms with Crippen molar-refractivity contribution < 1.29 is 9.90 Å². The second-order valence-corrected chi connectivity index (χ2v) is 6.28. The average molecular weight is 317 g/mol. The zero-order valence-corrected chi connectivity index (χ0v) is 13.1. The molecule has 0 unspecified atom stereocenters. The van der Waals surface area contributed by atoms with Crippen LogP contribution < -0.4 is 0 Å². The number of aliphatic hydroxyl groups excluding tert-OH is 1. The molecule has 1 aromatic rings. The van der Waals surface area contributed by atoms with Gasteiger partial charge in [0.05, 0.1) is 11.5 Å². The van der Waals surface area contributed by atoms with Crippen LogP contribution in [0.5, 0.6) is 0 Å². The Morgan fingerprint density at radius 3 is 2.59 bits per heavy atom. The SMILES string of the molecule is O=C1N=C(N2CCN(CCO)CC2)SC1=Cc1ccccc1. The Morgan fingerprint density at radius 1 is 1.18 bits per heavy atom. The third-order valence-electron chi connectivity index (χ3n) is 3.77. The fourth-order valence-corrected chi connectivity index (χ4v) is 3.50. The highest BCUT2D eigenvalue weighted by molar-refractivity contribution is 8.18. The molecule has 1 N–H and O–H groups in total. The van der Waals surface area contributed by atoms with E-state index in [1.165, 1.54) is 11.8 Å². The van der Waals surface area contributed by atoms with Gasteiger partial charge in [-0.25, -0.2) is 0 Å². The molecule has 1 aromatic carbocycles. The first-order valence-electron chi connectivity index (χ1n) is 7.42. The summed E-state index contributed by atoms with van der Waals surface area (Å²) in [6, 6.07) is 9.83. The summed E-state index contributed by atoms with van der Waals surface area (Å²) in [5, 5.41) is 9.77. The number of thioether (sulfide) groups is 1. The molecule has 5 nitrogen and oxygen atoms in total. The van der Waals surface area contributed by atoms with Crippen LogP contribution in [0.25, 0.3) is 6.08 Å². The number of amidine groups is 1. The normalized spacial score (nSPS) is 21.5. The van der Waals surface area contributed by atoms with Crippen LogP contribution in [0.3, 0.4) is 0 Å². The third kappa shape index (κ3) is 3.58. The van der Waals surface area contributed by atoms with Gasteiger partial charge >= 0.3 is 0 Å². The van der Waals surface area contributed by atoms with E-state index < -0.39 is 0 Å². The van der Waals surface area contributed by atoms with Crippen molar-refractivity contribution in [3.8, 4) is 0 Å². The summed E-state index contributed by atoms with van der Waals surface area (Å²) in [7, 11) is 0. The Labute approximate surface area is 134 Å². The van der Waals surface area contributed by atoms with E-state index in [-0.39, 0.29) is 12.5 Å². The maximum Gasteiger partial charge on any atom is 0.286 e. The lowest BCUT2D eigenvalue weighted by Gasteiger charge is -2.34. The molecule has 22 heavy (non-hydrogen) atoms. The summed E-state index contributed by atoms with van der Waals surface area (Å²) in [5.74, 6) is -0.151. The number of carbonyl (C=O) groups is 1. The quantitative estimate of drug-likeness (QED) is 0.851. The van der Waals surface area contributed by atoms with Crippen LogP contribution in [-0.4, -0.2) is 65.3 Å². The molecule has 0 aromatic heterocycles. The van der Waals surface area contributed by atoms with Crippen molar-refractivity contribution in [3.63, 3.8) is 0 Å². The maximum absolute atomic E-state index is 12.1. The van der Waals surface area contributed by atoms with Gasteiger partial charge in [0.1, 0.15) is 0 Å². The molecule has 1 fully saturated rings. The van der Waals surface area contributed by atoms with E-state index in [0.717, 1.165) is 36.9 Å². The highest BCUT2D eigenvalue weighted by Gasteiger charge is 2.28. The van der Waals surface area contributed by atoms with Gasteiger partial charge < -0.3 is 10.0 Å². The van der Waals surface area contributed by atoms with Crippen molar-refractivity contribution in [2.45, 2.75) is 0 Å². The van der Waals surface area contributed by atoms with Gasteiger partial charge in [0.15, 0.2) is 5.17 Å². The van der Waals surface area contributed by atoms with Gasteiger partial charge in [-0.3, -0.25) is 9.69 Å². The number of hydrogen-bond acceptors (Lipinski definition) is 5. The number of carbonyl (C=O) groups excluding carboxylic acids is 1. The maximum atomic E-state index is 12.1. The monoisotopic (exact) mass is 317 g/mol. The molecule has 0 bridgehead atoms. The van der Waals surface area contributed by atoms with Gasteiger partial charge in [0.25, 0.3) is 5.91 Å². The van der Waals surface area contributed by atoms with E-state index in [1.54, 1.807) is 0 Å². The van der Waals surface area contributed by atoms with Crippen LogP contribution in [0.4, 0.5) is 0 Å². The topological polar surface area (TPSA) is 56.1 Å². The zero-order valence-electron chi connectivity index (χ0n) is 12.3. The minimum atomic E-state index is -0.151. The molecule has 0 saturated carbocycles.